The number of nitrogens with one attached hydrogen (secondary N) is 1. The maximum atomic E-state index is 12.8. The van der Waals surface area contributed by atoms with Gasteiger partial charge in [0.05, 0.1) is 11.5 Å². The molecule has 1 fully saturated rings. The molecule has 1 amide bonds. The topological polar surface area (TPSA) is 92.3 Å². The molecule has 7 nitrogen and oxygen atoms in total. The van der Waals surface area contributed by atoms with Gasteiger partial charge in [0.15, 0.2) is 9.84 Å². The molecule has 2 rings (SSSR count). The van der Waals surface area contributed by atoms with Crippen LogP contribution in [0.15, 0.2) is 6.07 Å². The van der Waals surface area contributed by atoms with Gasteiger partial charge >= 0.3 is 0 Å². The molecule has 1 aliphatic rings. The van der Waals surface area contributed by atoms with Crippen molar-refractivity contribution >= 4 is 21.7 Å². The minimum absolute atomic E-state index is 0.0355. The molecule has 1 aliphatic heterocycles. The molecule has 0 spiro atoms. The maximum absolute atomic E-state index is 12.8. The van der Waals surface area contributed by atoms with Crippen LogP contribution >= 0.6 is 0 Å². The molecule has 23 heavy (non-hydrogen) atoms. The molecular formula is C15H24N4O3S. The van der Waals surface area contributed by atoms with Crippen molar-refractivity contribution in [2.24, 2.45) is 0 Å². The van der Waals surface area contributed by atoms with Crippen molar-refractivity contribution in [1.29, 1.82) is 0 Å². The second-order valence-corrected chi connectivity index (χ2v) is 8.39. The summed E-state index contributed by atoms with van der Waals surface area (Å²) in [6, 6.07) is 1.52. The minimum atomic E-state index is -3.04. The van der Waals surface area contributed by atoms with Gasteiger partial charge in [0, 0.05) is 24.3 Å². The SMILES string of the molecule is CCN(C(=O)c1cc(C)nc(NC(C)C)n1)C1CCS(=O)(=O)C1. The minimum Gasteiger partial charge on any atom is -0.352 e. The van der Waals surface area contributed by atoms with E-state index in [-0.39, 0.29) is 29.5 Å². The number of sulfone groups is 1. The molecule has 0 saturated carbocycles. The summed E-state index contributed by atoms with van der Waals surface area (Å²) in [5.41, 5.74) is 0.994. The van der Waals surface area contributed by atoms with E-state index >= 15 is 0 Å². The normalized spacial score (nSPS) is 19.8. The lowest BCUT2D eigenvalue weighted by molar-refractivity contribution is 0.0702. The van der Waals surface area contributed by atoms with Gasteiger partial charge in [-0.25, -0.2) is 18.4 Å². The first kappa shape index (κ1) is 17.7. The Labute approximate surface area is 137 Å². The van der Waals surface area contributed by atoms with Gasteiger partial charge in [-0.3, -0.25) is 4.79 Å². The molecule has 1 aromatic rings. The summed E-state index contributed by atoms with van der Waals surface area (Å²) in [5.74, 6) is 0.350. The van der Waals surface area contributed by atoms with E-state index in [2.05, 4.69) is 15.3 Å². The van der Waals surface area contributed by atoms with Gasteiger partial charge in [0.25, 0.3) is 5.91 Å². The molecule has 8 heteroatoms. The second-order valence-electron chi connectivity index (χ2n) is 6.17. The Morgan fingerprint density at radius 3 is 2.65 bits per heavy atom. The van der Waals surface area contributed by atoms with Crippen LogP contribution in [0, 0.1) is 6.92 Å². The summed E-state index contributed by atoms with van der Waals surface area (Å²) in [5, 5.41) is 3.09. The molecule has 0 aromatic carbocycles. The van der Waals surface area contributed by atoms with Crippen molar-refractivity contribution in [2.75, 3.05) is 23.4 Å². The van der Waals surface area contributed by atoms with Crippen LogP contribution in [0.3, 0.4) is 0 Å². The third-order valence-electron chi connectivity index (χ3n) is 3.74. The molecule has 0 radical (unpaired) electrons. The Hall–Kier alpha value is -1.70. The van der Waals surface area contributed by atoms with Gasteiger partial charge in [-0.05, 0) is 40.2 Å². The molecule has 1 unspecified atom stereocenters. The highest BCUT2D eigenvalue weighted by Gasteiger charge is 2.34. The number of aromatic nitrogens is 2. The smallest absolute Gasteiger partial charge is 0.272 e. The van der Waals surface area contributed by atoms with Crippen molar-refractivity contribution < 1.29 is 13.2 Å². The van der Waals surface area contributed by atoms with E-state index < -0.39 is 9.84 Å². The molecular weight excluding hydrogens is 316 g/mol. The maximum Gasteiger partial charge on any atom is 0.272 e. The zero-order chi connectivity index (χ0) is 17.2. The highest BCUT2D eigenvalue weighted by molar-refractivity contribution is 7.91. The van der Waals surface area contributed by atoms with Gasteiger partial charge in [-0.2, -0.15) is 0 Å². The molecule has 128 valence electrons. The lowest BCUT2D eigenvalue weighted by Gasteiger charge is -2.26. The van der Waals surface area contributed by atoms with Crippen LogP contribution in [0.2, 0.25) is 0 Å². The first-order valence-electron chi connectivity index (χ1n) is 7.85. The summed E-state index contributed by atoms with van der Waals surface area (Å²) in [4.78, 5) is 22.9. The molecule has 0 bridgehead atoms. The zero-order valence-corrected chi connectivity index (χ0v) is 14.9. The fraction of sp³-hybridized carbons (Fsp3) is 0.667. The van der Waals surface area contributed by atoms with Crippen LogP contribution in [0.1, 0.15) is 43.4 Å². The third kappa shape index (κ3) is 4.40. The van der Waals surface area contributed by atoms with Crippen molar-refractivity contribution in [3.63, 3.8) is 0 Å². The zero-order valence-electron chi connectivity index (χ0n) is 14.0. The van der Waals surface area contributed by atoms with Crippen LogP contribution < -0.4 is 5.32 Å². The summed E-state index contributed by atoms with van der Waals surface area (Å²) in [6.07, 6.45) is 0.489. The fourth-order valence-corrected chi connectivity index (χ4v) is 4.47. The van der Waals surface area contributed by atoms with Gasteiger partial charge in [-0.15, -0.1) is 0 Å². The fourth-order valence-electron chi connectivity index (χ4n) is 2.74. The Morgan fingerprint density at radius 1 is 1.43 bits per heavy atom. The van der Waals surface area contributed by atoms with Gasteiger partial charge < -0.3 is 10.2 Å². The first-order valence-corrected chi connectivity index (χ1v) is 9.67. The summed E-state index contributed by atoms with van der Waals surface area (Å²) < 4.78 is 23.4. The van der Waals surface area contributed by atoms with E-state index in [1.807, 2.05) is 20.8 Å². The molecule has 1 saturated heterocycles. The summed E-state index contributed by atoms with van der Waals surface area (Å²) >= 11 is 0. The highest BCUT2D eigenvalue weighted by atomic mass is 32.2. The van der Waals surface area contributed by atoms with Crippen molar-refractivity contribution in [1.82, 2.24) is 14.9 Å². The van der Waals surface area contributed by atoms with Gasteiger partial charge in [0.2, 0.25) is 5.95 Å². The summed E-state index contributed by atoms with van der Waals surface area (Å²) in [7, 11) is -3.04. The number of aryl methyl sites for hydroxylation is 1. The predicted octanol–water partition coefficient (Wildman–Crippen LogP) is 1.25. The number of rotatable bonds is 5. The number of hydrogen-bond donors (Lipinski definition) is 1. The molecule has 1 atom stereocenters. The van der Waals surface area contributed by atoms with Crippen molar-refractivity contribution in [3.8, 4) is 0 Å². The number of anilines is 1. The second kappa shape index (κ2) is 6.82. The molecule has 0 aliphatic carbocycles. The monoisotopic (exact) mass is 340 g/mol. The predicted molar refractivity (Wildman–Crippen MR) is 89.3 cm³/mol. The number of carbonyl (C=O) groups excluding carboxylic acids is 1. The molecule has 1 N–H and O–H groups in total. The Morgan fingerprint density at radius 2 is 2.13 bits per heavy atom. The quantitative estimate of drug-likeness (QED) is 0.867. The Balaban J connectivity index is 2.25. The van der Waals surface area contributed by atoms with Crippen LogP contribution in [0.5, 0.6) is 0 Å². The highest BCUT2D eigenvalue weighted by Crippen LogP contribution is 2.20. The number of carbonyl (C=O) groups is 1. The van der Waals surface area contributed by atoms with E-state index in [1.165, 1.54) is 0 Å². The molecule has 2 heterocycles. The number of amides is 1. The Bertz CT molecular complexity index is 688. The average molecular weight is 340 g/mol. The largest absolute Gasteiger partial charge is 0.352 e. The lowest BCUT2D eigenvalue weighted by Crippen LogP contribution is -2.41. The van der Waals surface area contributed by atoms with E-state index in [4.69, 9.17) is 0 Å². The summed E-state index contributed by atoms with van der Waals surface area (Å²) in [6.45, 7) is 8.04. The van der Waals surface area contributed by atoms with Crippen molar-refractivity contribution in [3.05, 3.63) is 17.5 Å². The van der Waals surface area contributed by atoms with Crippen LogP contribution in [0.25, 0.3) is 0 Å². The van der Waals surface area contributed by atoms with Crippen LogP contribution in [-0.4, -0.2) is 59.3 Å². The van der Waals surface area contributed by atoms with Crippen LogP contribution in [0.4, 0.5) is 5.95 Å². The van der Waals surface area contributed by atoms with E-state index in [1.54, 1.807) is 17.9 Å². The van der Waals surface area contributed by atoms with E-state index in [9.17, 15) is 13.2 Å². The number of hydrogen-bond acceptors (Lipinski definition) is 6. The molecule has 1 aromatic heterocycles. The Kier molecular flexibility index (Phi) is 5.23. The van der Waals surface area contributed by atoms with Gasteiger partial charge in [-0.1, -0.05) is 0 Å². The third-order valence-corrected chi connectivity index (χ3v) is 5.49. The first-order chi connectivity index (χ1) is 10.7. The number of nitrogens with zero attached hydrogens (tertiary/aromatic N) is 3. The lowest BCUT2D eigenvalue weighted by atomic mass is 10.2. The van der Waals surface area contributed by atoms with Crippen LogP contribution in [-0.2, 0) is 9.84 Å². The average Bonchev–Trinajstić information content (AvgIpc) is 2.78. The standard InChI is InChI=1S/C15H24N4O3S/c1-5-19(12-6-7-23(21,22)9-12)14(20)13-8-11(4)17-15(18-13)16-10(2)3/h8,10,12H,5-7,9H2,1-4H3,(H,16,17,18). The van der Waals surface area contributed by atoms with E-state index in [0.717, 1.165) is 0 Å². The van der Waals surface area contributed by atoms with Gasteiger partial charge in [0.1, 0.15) is 5.69 Å². The van der Waals surface area contributed by atoms with E-state index in [0.29, 0.717) is 30.3 Å². The van der Waals surface area contributed by atoms with Crippen molar-refractivity contribution in [2.45, 2.75) is 46.2 Å².